The van der Waals surface area contributed by atoms with Gasteiger partial charge in [0.25, 0.3) is 0 Å². The normalized spacial score (nSPS) is 12.8. The minimum absolute atomic E-state index is 0.0246. The van der Waals surface area contributed by atoms with Gasteiger partial charge in [-0.2, -0.15) is 20.5 Å². The van der Waals surface area contributed by atoms with Crippen molar-refractivity contribution in [3.8, 4) is 0 Å². The molecule has 1 unspecified atom stereocenters. The molecular weight excluding hydrogens is 298 g/mol. The van der Waals surface area contributed by atoms with Crippen LogP contribution in [0.25, 0.3) is 11.0 Å². The molecule has 0 bridgehead atoms. The Morgan fingerprint density at radius 3 is 2.81 bits per heavy atom. The van der Waals surface area contributed by atoms with E-state index < -0.39 is 6.55 Å². The van der Waals surface area contributed by atoms with E-state index in [0.717, 1.165) is 4.57 Å². The van der Waals surface area contributed by atoms with Crippen molar-refractivity contribution in [3.05, 3.63) is 30.1 Å². The smallest absolute Gasteiger partial charge is 0.320 e. The molecule has 1 aromatic carbocycles. The number of aromatic nitrogens is 2. The fourth-order valence-electron chi connectivity index (χ4n) is 2.01. The molecule has 0 aliphatic heterocycles. The molecule has 1 heterocycles. The summed E-state index contributed by atoms with van der Waals surface area (Å²) in [7, 11) is 1.33. The van der Waals surface area contributed by atoms with Crippen LogP contribution in [0.2, 0.25) is 0 Å². The summed E-state index contributed by atoms with van der Waals surface area (Å²) in [6.45, 7) is -0.777. The van der Waals surface area contributed by atoms with Gasteiger partial charge in [0.1, 0.15) is 5.82 Å². The van der Waals surface area contributed by atoms with Gasteiger partial charge in [0.15, 0.2) is 0 Å². The standard InChI is InChI=1S/C14H16F2N2O2S/c1-9(7-13(19)20-2)21-8-12-17-10-5-3-4-6-11(10)18(12)14(15)16/h3-6,9,14H,7-8H2,1-2H3. The van der Waals surface area contributed by atoms with Gasteiger partial charge in [-0.3, -0.25) is 9.36 Å². The molecule has 2 aromatic rings. The number of thioether (sulfide) groups is 1. The summed E-state index contributed by atoms with van der Waals surface area (Å²) in [5, 5.41) is -0.0246. The van der Waals surface area contributed by atoms with Gasteiger partial charge in [0.05, 0.1) is 30.3 Å². The van der Waals surface area contributed by atoms with E-state index in [2.05, 4.69) is 9.72 Å². The first kappa shape index (κ1) is 15.8. The number of benzene rings is 1. The molecule has 1 atom stereocenters. The van der Waals surface area contributed by atoms with Gasteiger partial charge < -0.3 is 4.74 Å². The maximum absolute atomic E-state index is 13.2. The molecule has 0 saturated heterocycles. The summed E-state index contributed by atoms with van der Waals surface area (Å²) in [6.07, 6.45) is 0.246. The number of nitrogens with zero attached hydrogens (tertiary/aromatic N) is 2. The second-order valence-corrected chi connectivity index (χ2v) is 5.99. The van der Waals surface area contributed by atoms with E-state index in [9.17, 15) is 13.6 Å². The number of rotatable bonds is 6. The number of hydrogen-bond acceptors (Lipinski definition) is 4. The number of halogens is 2. The minimum atomic E-state index is -2.64. The number of carbonyl (C=O) groups excluding carboxylic acids is 1. The van der Waals surface area contributed by atoms with Crippen molar-refractivity contribution in [3.63, 3.8) is 0 Å². The van der Waals surface area contributed by atoms with E-state index in [0.29, 0.717) is 22.6 Å². The highest BCUT2D eigenvalue weighted by Gasteiger charge is 2.18. The lowest BCUT2D eigenvalue weighted by molar-refractivity contribution is -0.140. The first-order valence-electron chi connectivity index (χ1n) is 6.45. The molecule has 114 valence electrons. The number of alkyl halides is 2. The maximum atomic E-state index is 13.2. The molecule has 0 aliphatic rings. The number of carbonyl (C=O) groups is 1. The van der Waals surface area contributed by atoms with Gasteiger partial charge in [-0.1, -0.05) is 19.1 Å². The molecule has 2 rings (SSSR count). The number of ether oxygens (including phenoxy) is 1. The van der Waals surface area contributed by atoms with Crippen LogP contribution in [0.3, 0.4) is 0 Å². The van der Waals surface area contributed by atoms with Crippen LogP contribution in [0.15, 0.2) is 24.3 Å². The van der Waals surface area contributed by atoms with Gasteiger partial charge in [0.2, 0.25) is 0 Å². The Morgan fingerprint density at radius 2 is 2.14 bits per heavy atom. The van der Waals surface area contributed by atoms with Crippen molar-refractivity contribution in [1.82, 2.24) is 9.55 Å². The highest BCUT2D eigenvalue weighted by atomic mass is 32.2. The average Bonchev–Trinajstić information content (AvgIpc) is 2.83. The molecule has 4 nitrogen and oxygen atoms in total. The van der Waals surface area contributed by atoms with E-state index in [-0.39, 0.29) is 17.6 Å². The summed E-state index contributed by atoms with van der Waals surface area (Å²) in [6, 6.07) is 6.81. The lowest BCUT2D eigenvalue weighted by Crippen LogP contribution is -2.10. The zero-order valence-electron chi connectivity index (χ0n) is 11.8. The molecule has 1 aromatic heterocycles. The Balaban J connectivity index is 2.14. The Morgan fingerprint density at radius 1 is 1.43 bits per heavy atom. The highest BCUT2D eigenvalue weighted by molar-refractivity contribution is 7.99. The second kappa shape index (κ2) is 6.89. The zero-order valence-corrected chi connectivity index (χ0v) is 12.6. The number of fused-ring (bicyclic) bond motifs is 1. The van der Waals surface area contributed by atoms with Crippen LogP contribution in [-0.4, -0.2) is 27.9 Å². The van der Waals surface area contributed by atoms with Crippen molar-refractivity contribution in [2.75, 3.05) is 7.11 Å². The number of methoxy groups -OCH3 is 1. The quantitative estimate of drug-likeness (QED) is 0.764. The molecule has 7 heteroatoms. The van der Waals surface area contributed by atoms with Crippen molar-refractivity contribution < 1.29 is 18.3 Å². The Kier molecular flexibility index (Phi) is 5.17. The van der Waals surface area contributed by atoms with Gasteiger partial charge in [-0.25, -0.2) is 4.98 Å². The average molecular weight is 314 g/mol. The third-order valence-corrected chi connectivity index (χ3v) is 4.20. The summed E-state index contributed by atoms with van der Waals surface area (Å²) in [5.41, 5.74) is 0.970. The number of para-hydroxylation sites is 2. The highest BCUT2D eigenvalue weighted by Crippen LogP contribution is 2.27. The molecule has 0 N–H and O–H groups in total. The lowest BCUT2D eigenvalue weighted by atomic mass is 10.3. The predicted molar refractivity (Wildman–Crippen MR) is 78.4 cm³/mol. The molecular formula is C14H16F2N2O2S. The first-order chi connectivity index (χ1) is 10.0. The summed E-state index contributed by atoms with van der Waals surface area (Å²) in [5.74, 6) is 0.322. The predicted octanol–water partition coefficient (Wildman–Crippen LogP) is 3.62. The summed E-state index contributed by atoms with van der Waals surface area (Å²) in [4.78, 5) is 15.4. The molecule has 21 heavy (non-hydrogen) atoms. The van der Waals surface area contributed by atoms with Crippen LogP contribution in [0.5, 0.6) is 0 Å². The van der Waals surface area contributed by atoms with E-state index in [1.165, 1.54) is 18.9 Å². The van der Waals surface area contributed by atoms with Crippen LogP contribution >= 0.6 is 11.8 Å². The van der Waals surface area contributed by atoms with Crippen molar-refractivity contribution >= 4 is 28.8 Å². The SMILES string of the molecule is COC(=O)CC(C)SCc1nc2ccccc2n1C(F)F. The minimum Gasteiger partial charge on any atom is -0.469 e. The van der Waals surface area contributed by atoms with Gasteiger partial charge in [0, 0.05) is 5.25 Å². The van der Waals surface area contributed by atoms with Crippen LogP contribution in [0.1, 0.15) is 25.7 Å². The fourth-order valence-corrected chi connectivity index (χ4v) is 2.90. The fraction of sp³-hybridized carbons (Fsp3) is 0.429. The molecule has 0 fully saturated rings. The number of hydrogen-bond donors (Lipinski definition) is 0. The summed E-state index contributed by atoms with van der Waals surface area (Å²) < 4.78 is 32.0. The largest absolute Gasteiger partial charge is 0.469 e. The molecule has 0 saturated carbocycles. The van der Waals surface area contributed by atoms with Crippen LogP contribution in [-0.2, 0) is 15.3 Å². The van der Waals surface area contributed by atoms with Crippen molar-refractivity contribution in [2.24, 2.45) is 0 Å². The van der Waals surface area contributed by atoms with Gasteiger partial charge >= 0.3 is 12.5 Å². The third kappa shape index (κ3) is 3.72. The number of esters is 1. The van der Waals surface area contributed by atoms with Crippen molar-refractivity contribution in [1.29, 1.82) is 0 Å². The number of imidazole rings is 1. The van der Waals surface area contributed by atoms with E-state index in [1.54, 1.807) is 24.3 Å². The topological polar surface area (TPSA) is 44.1 Å². The third-order valence-electron chi connectivity index (χ3n) is 3.04. The Hall–Kier alpha value is -1.63. The second-order valence-electron chi connectivity index (χ2n) is 4.57. The van der Waals surface area contributed by atoms with E-state index >= 15 is 0 Å². The van der Waals surface area contributed by atoms with E-state index in [1.807, 2.05) is 6.92 Å². The van der Waals surface area contributed by atoms with Crippen LogP contribution in [0.4, 0.5) is 8.78 Å². The first-order valence-corrected chi connectivity index (χ1v) is 7.50. The van der Waals surface area contributed by atoms with Gasteiger partial charge in [-0.15, -0.1) is 0 Å². The monoisotopic (exact) mass is 314 g/mol. The molecule has 0 aliphatic carbocycles. The Bertz CT molecular complexity index is 630. The summed E-state index contributed by atoms with van der Waals surface area (Å²) >= 11 is 1.40. The van der Waals surface area contributed by atoms with E-state index in [4.69, 9.17) is 0 Å². The maximum Gasteiger partial charge on any atom is 0.320 e. The Labute approximate surface area is 125 Å². The molecule has 0 spiro atoms. The molecule has 0 amide bonds. The zero-order chi connectivity index (χ0) is 15.4. The lowest BCUT2D eigenvalue weighted by Gasteiger charge is -2.11. The van der Waals surface area contributed by atoms with Crippen LogP contribution < -0.4 is 0 Å². The van der Waals surface area contributed by atoms with Crippen molar-refractivity contribution in [2.45, 2.75) is 30.9 Å². The van der Waals surface area contributed by atoms with Crippen LogP contribution in [0, 0.1) is 0 Å². The molecule has 0 radical (unpaired) electrons. The van der Waals surface area contributed by atoms with Gasteiger partial charge in [-0.05, 0) is 12.1 Å².